The third-order valence-electron chi connectivity index (χ3n) is 6.09. The minimum atomic E-state index is -0.871. The van der Waals surface area contributed by atoms with Gasteiger partial charge in [-0.15, -0.1) is 0 Å². The molecular weight excluding hydrogens is 446 g/mol. The molecule has 8 nitrogen and oxygen atoms in total. The van der Waals surface area contributed by atoms with Crippen molar-refractivity contribution in [1.29, 1.82) is 0 Å². The van der Waals surface area contributed by atoms with E-state index in [9.17, 15) is 14.4 Å². The highest BCUT2D eigenvalue weighted by Gasteiger charge is 2.32. The SMILES string of the molecule is CCNC(=O)c1ccc(C(C(=O)NC2CCCCC2)N(CCOC)C(=O)/C=C/c2ccco2)cc1. The van der Waals surface area contributed by atoms with E-state index in [1.165, 1.54) is 23.7 Å². The zero-order chi connectivity index (χ0) is 25.0. The fourth-order valence-electron chi connectivity index (χ4n) is 4.27. The summed E-state index contributed by atoms with van der Waals surface area (Å²) in [5.74, 6) is -0.218. The normalized spacial score (nSPS) is 15.0. The molecule has 1 aromatic carbocycles. The van der Waals surface area contributed by atoms with Crippen molar-refractivity contribution in [2.45, 2.75) is 51.1 Å². The number of carbonyl (C=O) groups excluding carboxylic acids is 3. The van der Waals surface area contributed by atoms with E-state index in [0.717, 1.165) is 25.7 Å². The highest BCUT2D eigenvalue weighted by atomic mass is 16.5. The van der Waals surface area contributed by atoms with E-state index in [4.69, 9.17) is 9.15 Å². The molecule has 2 N–H and O–H groups in total. The molecule has 1 aliphatic carbocycles. The number of hydrogen-bond donors (Lipinski definition) is 2. The van der Waals surface area contributed by atoms with Crippen molar-refractivity contribution in [3.8, 4) is 0 Å². The zero-order valence-corrected chi connectivity index (χ0v) is 20.5. The smallest absolute Gasteiger partial charge is 0.251 e. The number of benzene rings is 1. The quantitative estimate of drug-likeness (QED) is 0.477. The summed E-state index contributed by atoms with van der Waals surface area (Å²) < 4.78 is 10.5. The molecule has 8 heteroatoms. The van der Waals surface area contributed by atoms with Crippen LogP contribution in [-0.4, -0.2) is 55.5 Å². The average Bonchev–Trinajstić information content (AvgIpc) is 3.40. The van der Waals surface area contributed by atoms with Gasteiger partial charge in [-0.05, 0) is 55.7 Å². The molecule has 2 aromatic rings. The van der Waals surface area contributed by atoms with Crippen molar-refractivity contribution >= 4 is 23.8 Å². The number of nitrogens with one attached hydrogen (secondary N) is 2. The Morgan fingerprint density at radius 1 is 1.14 bits per heavy atom. The van der Waals surface area contributed by atoms with Crippen LogP contribution in [0.25, 0.3) is 6.08 Å². The highest BCUT2D eigenvalue weighted by molar-refractivity contribution is 5.96. The fourth-order valence-corrected chi connectivity index (χ4v) is 4.27. The van der Waals surface area contributed by atoms with Gasteiger partial charge in [0.05, 0.1) is 12.9 Å². The molecule has 0 bridgehead atoms. The second kappa shape index (κ2) is 13.5. The van der Waals surface area contributed by atoms with E-state index in [1.807, 2.05) is 6.92 Å². The minimum absolute atomic E-state index is 0.0893. The predicted molar refractivity (Wildman–Crippen MR) is 134 cm³/mol. The summed E-state index contributed by atoms with van der Waals surface area (Å²) in [5, 5.41) is 5.93. The maximum atomic E-state index is 13.6. The second-order valence-corrected chi connectivity index (χ2v) is 8.60. The summed E-state index contributed by atoms with van der Waals surface area (Å²) in [5.41, 5.74) is 1.12. The lowest BCUT2D eigenvalue weighted by Gasteiger charge is -2.32. The third kappa shape index (κ3) is 7.55. The summed E-state index contributed by atoms with van der Waals surface area (Å²) in [4.78, 5) is 40.6. The van der Waals surface area contributed by atoms with Crippen molar-refractivity contribution in [2.24, 2.45) is 0 Å². The molecule has 1 atom stereocenters. The van der Waals surface area contributed by atoms with Gasteiger partial charge < -0.3 is 24.7 Å². The first-order valence-electron chi connectivity index (χ1n) is 12.2. The highest BCUT2D eigenvalue weighted by Crippen LogP contribution is 2.25. The molecule has 1 aliphatic rings. The summed E-state index contributed by atoms with van der Waals surface area (Å²) >= 11 is 0. The Balaban J connectivity index is 1.91. The van der Waals surface area contributed by atoms with E-state index >= 15 is 0 Å². The maximum Gasteiger partial charge on any atom is 0.251 e. The standard InChI is InChI=1S/C27H35N3O5/c1-3-28-26(32)21-13-11-20(12-14-21)25(27(33)29-22-8-5-4-6-9-22)30(17-19-34-2)24(31)16-15-23-10-7-18-35-23/h7,10-16,18,22,25H,3-6,8-9,17,19H2,1-2H3,(H,28,32)(H,29,33)/b16-15+. The first-order valence-corrected chi connectivity index (χ1v) is 12.2. The van der Waals surface area contributed by atoms with Crippen LogP contribution in [0.2, 0.25) is 0 Å². The summed E-state index contributed by atoms with van der Waals surface area (Å²) in [6.07, 6.45) is 9.70. The molecule has 1 aromatic heterocycles. The van der Waals surface area contributed by atoms with Gasteiger partial charge in [-0.1, -0.05) is 31.4 Å². The van der Waals surface area contributed by atoms with Gasteiger partial charge in [0.1, 0.15) is 11.8 Å². The Morgan fingerprint density at radius 3 is 2.51 bits per heavy atom. The van der Waals surface area contributed by atoms with Gasteiger partial charge in [0.2, 0.25) is 11.8 Å². The van der Waals surface area contributed by atoms with Crippen LogP contribution in [0.3, 0.4) is 0 Å². The summed E-state index contributed by atoms with van der Waals surface area (Å²) in [6, 6.07) is 9.53. The van der Waals surface area contributed by atoms with Gasteiger partial charge in [0.15, 0.2) is 0 Å². The number of methoxy groups -OCH3 is 1. The van der Waals surface area contributed by atoms with Crippen LogP contribution in [0.5, 0.6) is 0 Å². The lowest BCUT2D eigenvalue weighted by atomic mass is 9.94. The molecule has 1 heterocycles. The maximum absolute atomic E-state index is 13.6. The molecule has 0 radical (unpaired) electrons. The molecule has 3 rings (SSSR count). The van der Waals surface area contributed by atoms with Crippen molar-refractivity contribution in [2.75, 3.05) is 26.8 Å². The lowest BCUT2D eigenvalue weighted by Crippen LogP contribution is -2.47. The van der Waals surface area contributed by atoms with Crippen LogP contribution in [0.15, 0.2) is 53.2 Å². The Labute approximate surface area is 206 Å². The molecule has 1 fully saturated rings. The summed E-state index contributed by atoms with van der Waals surface area (Å²) in [7, 11) is 1.56. The number of nitrogens with zero attached hydrogens (tertiary/aromatic N) is 1. The van der Waals surface area contributed by atoms with Gasteiger partial charge in [0, 0.05) is 37.9 Å². The third-order valence-corrected chi connectivity index (χ3v) is 6.09. The average molecular weight is 482 g/mol. The molecule has 0 aliphatic heterocycles. The largest absolute Gasteiger partial charge is 0.465 e. The van der Waals surface area contributed by atoms with Crippen molar-refractivity contribution in [3.63, 3.8) is 0 Å². The zero-order valence-electron chi connectivity index (χ0n) is 20.5. The van der Waals surface area contributed by atoms with E-state index in [0.29, 0.717) is 23.4 Å². The van der Waals surface area contributed by atoms with E-state index in [1.54, 1.807) is 49.6 Å². The molecular formula is C27H35N3O5. The van der Waals surface area contributed by atoms with Crippen LogP contribution in [0, 0.1) is 0 Å². The number of furan rings is 1. The molecule has 0 spiro atoms. The van der Waals surface area contributed by atoms with E-state index in [2.05, 4.69) is 10.6 Å². The number of ether oxygens (including phenoxy) is 1. The number of carbonyl (C=O) groups is 3. The summed E-state index contributed by atoms with van der Waals surface area (Å²) in [6.45, 7) is 2.87. The number of hydrogen-bond acceptors (Lipinski definition) is 5. The van der Waals surface area contributed by atoms with Crippen molar-refractivity contribution in [3.05, 3.63) is 65.6 Å². The van der Waals surface area contributed by atoms with Crippen LogP contribution in [-0.2, 0) is 14.3 Å². The Morgan fingerprint density at radius 2 is 1.89 bits per heavy atom. The Hall–Kier alpha value is -3.39. The second-order valence-electron chi connectivity index (χ2n) is 8.60. The van der Waals surface area contributed by atoms with Gasteiger partial charge in [0.25, 0.3) is 5.91 Å². The Kier molecular flexibility index (Phi) is 10.1. The fraction of sp³-hybridized carbons (Fsp3) is 0.444. The molecule has 1 saturated carbocycles. The van der Waals surface area contributed by atoms with Gasteiger partial charge in [-0.2, -0.15) is 0 Å². The first kappa shape index (κ1) is 26.2. The molecule has 0 saturated heterocycles. The van der Waals surface area contributed by atoms with Gasteiger partial charge in [-0.3, -0.25) is 14.4 Å². The monoisotopic (exact) mass is 481 g/mol. The molecule has 35 heavy (non-hydrogen) atoms. The first-order chi connectivity index (χ1) is 17.0. The molecule has 1 unspecified atom stereocenters. The van der Waals surface area contributed by atoms with E-state index < -0.39 is 6.04 Å². The van der Waals surface area contributed by atoms with Crippen molar-refractivity contribution in [1.82, 2.24) is 15.5 Å². The predicted octanol–water partition coefficient (Wildman–Crippen LogP) is 3.71. The van der Waals surface area contributed by atoms with Crippen LogP contribution >= 0.6 is 0 Å². The van der Waals surface area contributed by atoms with Crippen molar-refractivity contribution < 1.29 is 23.5 Å². The lowest BCUT2D eigenvalue weighted by molar-refractivity contribution is -0.138. The van der Waals surface area contributed by atoms with E-state index in [-0.39, 0.29) is 36.9 Å². The number of rotatable bonds is 11. The van der Waals surface area contributed by atoms with Crippen LogP contribution in [0.1, 0.15) is 66.8 Å². The topological polar surface area (TPSA) is 101 Å². The van der Waals surface area contributed by atoms with Gasteiger partial charge >= 0.3 is 0 Å². The van der Waals surface area contributed by atoms with Crippen LogP contribution in [0.4, 0.5) is 0 Å². The molecule has 188 valence electrons. The van der Waals surface area contributed by atoms with Crippen LogP contribution < -0.4 is 10.6 Å². The minimum Gasteiger partial charge on any atom is -0.465 e. The van der Waals surface area contributed by atoms with Gasteiger partial charge in [-0.25, -0.2) is 0 Å². The molecule has 3 amide bonds. The number of amides is 3. The Bertz CT molecular complexity index is 979.